The van der Waals surface area contributed by atoms with Crippen molar-refractivity contribution in [2.24, 2.45) is 5.92 Å². The summed E-state index contributed by atoms with van der Waals surface area (Å²) in [5, 5.41) is 0. The molecule has 1 aromatic rings. The van der Waals surface area contributed by atoms with E-state index in [1.165, 1.54) is 56.1 Å². The van der Waals surface area contributed by atoms with Crippen LogP contribution in [0, 0.1) is 5.92 Å². The van der Waals surface area contributed by atoms with Crippen LogP contribution in [0.3, 0.4) is 0 Å². The SMILES string of the molecule is CCCc1cccc(/C=C/C2CCCCC2)c1. The molecule has 2 rings (SSSR count). The van der Waals surface area contributed by atoms with Crippen LogP contribution in [0.5, 0.6) is 0 Å². The molecule has 0 heterocycles. The molecule has 0 unspecified atom stereocenters. The lowest BCUT2D eigenvalue weighted by atomic mass is 9.88. The van der Waals surface area contributed by atoms with Crippen molar-refractivity contribution in [2.75, 3.05) is 0 Å². The highest BCUT2D eigenvalue weighted by Crippen LogP contribution is 2.25. The second-order valence-corrected chi connectivity index (χ2v) is 5.25. The van der Waals surface area contributed by atoms with Crippen LogP contribution in [0.2, 0.25) is 0 Å². The Kier molecular flexibility index (Phi) is 4.85. The summed E-state index contributed by atoms with van der Waals surface area (Å²) >= 11 is 0. The summed E-state index contributed by atoms with van der Waals surface area (Å²) in [6.07, 6.45) is 14.3. The summed E-state index contributed by atoms with van der Waals surface area (Å²) in [5.74, 6) is 0.832. The van der Waals surface area contributed by atoms with Crippen LogP contribution in [-0.2, 0) is 6.42 Å². The van der Waals surface area contributed by atoms with Crippen LogP contribution in [0.25, 0.3) is 6.08 Å². The maximum absolute atomic E-state index is 2.43. The predicted octanol–water partition coefficient (Wildman–Crippen LogP) is 5.23. The zero-order valence-electron chi connectivity index (χ0n) is 11.0. The summed E-state index contributed by atoms with van der Waals surface area (Å²) < 4.78 is 0. The van der Waals surface area contributed by atoms with Crippen LogP contribution >= 0.6 is 0 Å². The van der Waals surface area contributed by atoms with Gasteiger partial charge in [-0.3, -0.25) is 0 Å². The van der Waals surface area contributed by atoms with Crippen molar-refractivity contribution in [1.82, 2.24) is 0 Å². The minimum Gasteiger partial charge on any atom is -0.0808 e. The molecule has 0 radical (unpaired) electrons. The molecule has 0 nitrogen and oxygen atoms in total. The number of benzene rings is 1. The molecule has 1 aliphatic rings. The Morgan fingerprint density at radius 2 is 2.00 bits per heavy atom. The van der Waals surface area contributed by atoms with Gasteiger partial charge in [0.05, 0.1) is 0 Å². The topological polar surface area (TPSA) is 0 Å². The lowest BCUT2D eigenvalue weighted by Crippen LogP contribution is -2.02. The molecule has 0 spiro atoms. The number of hydrogen-bond donors (Lipinski definition) is 0. The number of rotatable bonds is 4. The Labute approximate surface area is 106 Å². The van der Waals surface area contributed by atoms with Crippen molar-refractivity contribution in [1.29, 1.82) is 0 Å². The second-order valence-electron chi connectivity index (χ2n) is 5.25. The van der Waals surface area contributed by atoms with E-state index in [-0.39, 0.29) is 0 Å². The fourth-order valence-electron chi connectivity index (χ4n) is 2.71. The fraction of sp³-hybridized carbons (Fsp3) is 0.529. The van der Waals surface area contributed by atoms with Gasteiger partial charge >= 0.3 is 0 Å². The van der Waals surface area contributed by atoms with Gasteiger partial charge in [0, 0.05) is 0 Å². The van der Waals surface area contributed by atoms with Gasteiger partial charge in [0.15, 0.2) is 0 Å². The van der Waals surface area contributed by atoms with Crippen LogP contribution in [0.4, 0.5) is 0 Å². The fourth-order valence-corrected chi connectivity index (χ4v) is 2.71. The van der Waals surface area contributed by atoms with E-state index in [1.54, 1.807) is 0 Å². The summed E-state index contributed by atoms with van der Waals surface area (Å²) in [6.45, 7) is 2.24. The lowest BCUT2D eigenvalue weighted by molar-refractivity contribution is 0.420. The van der Waals surface area contributed by atoms with E-state index in [1.807, 2.05) is 0 Å². The van der Waals surface area contributed by atoms with Crippen LogP contribution < -0.4 is 0 Å². The number of allylic oxidation sites excluding steroid dienone is 1. The molecule has 0 saturated heterocycles. The Balaban J connectivity index is 1.96. The van der Waals surface area contributed by atoms with E-state index < -0.39 is 0 Å². The van der Waals surface area contributed by atoms with E-state index in [9.17, 15) is 0 Å². The van der Waals surface area contributed by atoms with Gasteiger partial charge in [-0.2, -0.15) is 0 Å². The third kappa shape index (κ3) is 4.03. The van der Waals surface area contributed by atoms with Crippen molar-refractivity contribution >= 4 is 6.08 Å². The van der Waals surface area contributed by atoms with Crippen LogP contribution in [0.15, 0.2) is 30.3 Å². The van der Waals surface area contributed by atoms with Gasteiger partial charge in [0.2, 0.25) is 0 Å². The molecule has 17 heavy (non-hydrogen) atoms. The standard InChI is InChI=1S/C17H24/c1-2-7-16-10-6-11-17(14-16)13-12-15-8-4-3-5-9-15/h6,10-15H,2-5,7-9H2,1H3/b13-12+. The first-order chi connectivity index (χ1) is 8.38. The van der Waals surface area contributed by atoms with Gasteiger partial charge in [0.25, 0.3) is 0 Å². The van der Waals surface area contributed by atoms with E-state index in [4.69, 9.17) is 0 Å². The zero-order chi connectivity index (χ0) is 11.9. The first kappa shape index (κ1) is 12.4. The second kappa shape index (κ2) is 6.64. The quantitative estimate of drug-likeness (QED) is 0.661. The molecule has 0 atom stereocenters. The van der Waals surface area contributed by atoms with Crippen molar-refractivity contribution < 1.29 is 0 Å². The molecular formula is C17H24. The smallest absolute Gasteiger partial charge is 0.0230 e. The molecule has 92 valence electrons. The molecule has 1 fully saturated rings. The van der Waals surface area contributed by atoms with E-state index in [0.717, 1.165) is 5.92 Å². The third-order valence-electron chi connectivity index (χ3n) is 3.70. The predicted molar refractivity (Wildman–Crippen MR) is 76.0 cm³/mol. The Bertz CT molecular complexity index is 356. The molecule has 0 N–H and O–H groups in total. The third-order valence-corrected chi connectivity index (χ3v) is 3.70. The highest BCUT2D eigenvalue weighted by molar-refractivity contribution is 5.50. The molecule has 0 heteroatoms. The normalized spacial score (nSPS) is 17.7. The molecule has 0 aliphatic heterocycles. The maximum Gasteiger partial charge on any atom is -0.0230 e. The molecule has 1 aromatic carbocycles. The van der Waals surface area contributed by atoms with E-state index in [2.05, 4.69) is 43.3 Å². The monoisotopic (exact) mass is 228 g/mol. The van der Waals surface area contributed by atoms with Crippen molar-refractivity contribution in [3.63, 3.8) is 0 Å². The van der Waals surface area contributed by atoms with Gasteiger partial charge in [-0.1, -0.05) is 69.0 Å². The van der Waals surface area contributed by atoms with Gasteiger partial charge in [0.1, 0.15) is 0 Å². The van der Waals surface area contributed by atoms with Gasteiger partial charge in [-0.05, 0) is 36.3 Å². The average Bonchev–Trinajstić information content (AvgIpc) is 2.39. The average molecular weight is 228 g/mol. The highest BCUT2D eigenvalue weighted by Gasteiger charge is 2.09. The Hall–Kier alpha value is -1.04. The Morgan fingerprint density at radius 3 is 2.76 bits per heavy atom. The molecule has 0 amide bonds. The minimum atomic E-state index is 0.832. The van der Waals surface area contributed by atoms with E-state index in [0.29, 0.717) is 0 Å². The first-order valence-corrected chi connectivity index (χ1v) is 7.15. The molecule has 0 aromatic heterocycles. The largest absolute Gasteiger partial charge is 0.0808 e. The summed E-state index contributed by atoms with van der Waals surface area (Å²) in [6, 6.07) is 8.98. The molecule has 1 saturated carbocycles. The maximum atomic E-state index is 2.43. The molecular weight excluding hydrogens is 204 g/mol. The lowest BCUT2D eigenvalue weighted by Gasteiger charge is -2.17. The number of aryl methyl sites for hydroxylation is 1. The summed E-state index contributed by atoms with van der Waals surface area (Å²) in [5.41, 5.74) is 2.85. The number of hydrogen-bond acceptors (Lipinski definition) is 0. The van der Waals surface area contributed by atoms with Gasteiger partial charge < -0.3 is 0 Å². The van der Waals surface area contributed by atoms with Crippen molar-refractivity contribution in [3.05, 3.63) is 41.5 Å². The van der Waals surface area contributed by atoms with Gasteiger partial charge in [-0.25, -0.2) is 0 Å². The first-order valence-electron chi connectivity index (χ1n) is 7.15. The Morgan fingerprint density at radius 1 is 1.18 bits per heavy atom. The molecule has 1 aliphatic carbocycles. The van der Waals surface area contributed by atoms with Crippen LogP contribution in [0.1, 0.15) is 56.6 Å². The van der Waals surface area contributed by atoms with Crippen LogP contribution in [-0.4, -0.2) is 0 Å². The van der Waals surface area contributed by atoms with Gasteiger partial charge in [-0.15, -0.1) is 0 Å². The minimum absolute atomic E-state index is 0.832. The van der Waals surface area contributed by atoms with E-state index >= 15 is 0 Å². The zero-order valence-corrected chi connectivity index (χ0v) is 11.0. The summed E-state index contributed by atoms with van der Waals surface area (Å²) in [4.78, 5) is 0. The highest BCUT2D eigenvalue weighted by atomic mass is 14.1. The summed E-state index contributed by atoms with van der Waals surface area (Å²) in [7, 11) is 0. The van der Waals surface area contributed by atoms with Crippen molar-refractivity contribution in [3.8, 4) is 0 Å². The molecule has 0 bridgehead atoms. The van der Waals surface area contributed by atoms with Crippen molar-refractivity contribution in [2.45, 2.75) is 51.9 Å².